The molecule has 0 aliphatic rings. The number of aromatic nitrogens is 1. The van der Waals surface area contributed by atoms with Gasteiger partial charge in [0.2, 0.25) is 0 Å². The fourth-order valence-electron chi connectivity index (χ4n) is 5.19. The molecule has 1 nitrogen and oxygen atoms in total. The predicted octanol–water partition coefficient (Wildman–Crippen LogP) is 10.9. The molecule has 0 saturated heterocycles. The Morgan fingerprint density at radius 2 is 0.697 bits per heavy atom. The lowest BCUT2D eigenvalue weighted by Crippen LogP contribution is -2.38. The number of unbranched alkanes of at least 4 members (excludes halogenated alkanes) is 20. The quantitative estimate of drug-likeness (QED) is 0.101. The van der Waals surface area contributed by atoms with Gasteiger partial charge in [0.1, 0.15) is 0 Å². The third kappa shape index (κ3) is 19.2. The summed E-state index contributed by atoms with van der Waals surface area (Å²) in [4.78, 5) is 0. The molecule has 0 aromatic carbocycles. The van der Waals surface area contributed by atoms with Gasteiger partial charge >= 0.3 is 0 Å². The van der Waals surface area contributed by atoms with E-state index in [0.29, 0.717) is 6.04 Å². The molecule has 0 bridgehead atoms. The van der Waals surface area contributed by atoms with Gasteiger partial charge in [0.25, 0.3) is 0 Å². The molecule has 0 aliphatic heterocycles. The minimum absolute atomic E-state index is 0.712. The SMILES string of the molecule is CCCCCCCCCCCCCCCC(CCCCCCCCCCC)[n+]1ccccc1. The first kappa shape index (κ1) is 30.2. The molecular formula is C32H60N+. The van der Waals surface area contributed by atoms with E-state index < -0.39 is 0 Å². The van der Waals surface area contributed by atoms with Crippen molar-refractivity contribution in [3.63, 3.8) is 0 Å². The average Bonchev–Trinajstić information content (AvgIpc) is 2.85. The highest BCUT2D eigenvalue weighted by molar-refractivity contribution is 4.84. The van der Waals surface area contributed by atoms with Crippen LogP contribution < -0.4 is 4.57 Å². The van der Waals surface area contributed by atoms with Crippen LogP contribution in [0.2, 0.25) is 0 Å². The molecule has 1 atom stereocenters. The van der Waals surface area contributed by atoms with Crippen LogP contribution in [0.15, 0.2) is 30.6 Å². The minimum Gasteiger partial charge on any atom is -0.202 e. The van der Waals surface area contributed by atoms with Gasteiger partial charge in [-0.1, -0.05) is 148 Å². The summed E-state index contributed by atoms with van der Waals surface area (Å²) in [5, 5.41) is 0. The van der Waals surface area contributed by atoms with Crippen LogP contribution in [0.4, 0.5) is 0 Å². The van der Waals surface area contributed by atoms with Crippen molar-refractivity contribution in [1.29, 1.82) is 0 Å². The van der Waals surface area contributed by atoms with E-state index in [0.717, 1.165) is 0 Å². The summed E-state index contributed by atoms with van der Waals surface area (Å²) in [7, 11) is 0. The van der Waals surface area contributed by atoms with E-state index in [-0.39, 0.29) is 0 Å². The van der Waals surface area contributed by atoms with Crippen molar-refractivity contribution in [3.05, 3.63) is 30.6 Å². The van der Waals surface area contributed by atoms with Crippen molar-refractivity contribution in [2.75, 3.05) is 0 Å². The van der Waals surface area contributed by atoms with E-state index in [4.69, 9.17) is 0 Å². The summed E-state index contributed by atoms with van der Waals surface area (Å²) in [5.74, 6) is 0. The van der Waals surface area contributed by atoms with E-state index >= 15 is 0 Å². The largest absolute Gasteiger partial charge is 0.202 e. The van der Waals surface area contributed by atoms with Crippen LogP contribution in [-0.2, 0) is 0 Å². The minimum atomic E-state index is 0.712. The fourth-order valence-corrected chi connectivity index (χ4v) is 5.19. The van der Waals surface area contributed by atoms with Gasteiger partial charge in [0.05, 0.1) is 0 Å². The monoisotopic (exact) mass is 458 g/mol. The molecule has 1 unspecified atom stereocenters. The van der Waals surface area contributed by atoms with Crippen LogP contribution in [0, 0.1) is 0 Å². The summed E-state index contributed by atoms with van der Waals surface area (Å²) < 4.78 is 2.49. The van der Waals surface area contributed by atoms with E-state index in [2.05, 4.69) is 49.0 Å². The summed E-state index contributed by atoms with van der Waals surface area (Å²) in [6.07, 6.45) is 39.0. The zero-order valence-electron chi connectivity index (χ0n) is 22.9. The first-order chi connectivity index (χ1) is 16.4. The van der Waals surface area contributed by atoms with Crippen LogP contribution in [-0.4, -0.2) is 0 Å². The van der Waals surface area contributed by atoms with Crippen LogP contribution in [0.1, 0.15) is 174 Å². The molecule has 0 spiro atoms. The molecule has 1 heteroatoms. The number of rotatable bonds is 25. The van der Waals surface area contributed by atoms with Crippen molar-refractivity contribution in [3.8, 4) is 0 Å². The smallest absolute Gasteiger partial charge is 0.169 e. The van der Waals surface area contributed by atoms with Gasteiger partial charge in [-0.2, -0.15) is 0 Å². The van der Waals surface area contributed by atoms with Gasteiger partial charge in [-0.15, -0.1) is 0 Å². The maximum absolute atomic E-state index is 2.49. The Morgan fingerprint density at radius 1 is 0.394 bits per heavy atom. The van der Waals surface area contributed by atoms with Crippen molar-refractivity contribution >= 4 is 0 Å². The van der Waals surface area contributed by atoms with E-state index in [1.54, 1.807) is 0 Å². The lowest BCUT2D eigenvalue weighted by atomic mass is 9.99. The second kappa shape index (κ2) is 24.3. The Kier molecular flexibility index (Phi) is 22.2. The molecule has 0 saturated carbocycles. The van der Waals surface area contributed by atoms with Crippen LogP contribution >= 0.6 is 0 Å². The molecule has 33 heavy (non-hydrogen) atoms. The third-order valence-electron chi connectivity index (χ3n) is 7.44. The van der Waals surface area contributed by atoms with Crippen molar-refractivity contribution in [1.82, 2.24) is 0 Å². The van der Waals surface area contributed by atoms with E-state index in [1.165, 1.54) is 154 Å². The van der Waals surface area contributed by atoms with Crippen molar-refractivity contribution in [2.24, 2.45) is 0 Å². The lowest BCUT2D eigenvalue weighted by Gasteiger charge is -2.13. The zero-order valence-corrected chi connectivity index (χ0v) is 22.9. The van der Waals surface area contributed by atoms with Crippen molar-refractivity contribution < 1.29 is 4.57 Å². The molecule has 1 aromatic rings. The molecule has 0 N–H and O–H groups in total. The van der Waals surface area contributed by atoms with Gasteiger partial charge in [-0.05, 0) is 12.8 Å². The van der Waals surface area contributed by atoms with Gasteiger partial charge in [-0.3, -0.25) is 0 Å². The van der Waals surface area contributed by atoms with Gasteiger partial charge in [0, 0.05) is 25.0 Å². The number of hydrogen-bond donors (Lipinski definition) is 0. The molecular weight excluding hydrogens is 398 g/mol. The maximum Gasteiger partial charge on any atom is 0.169 e. The normalized spacial score (nSPS) is 12.3. The second-order valence-electron chi connectivity index (χ2n) is 10.6. The average molecular weight is 459 g/mol. The lowest BCUT2D eigenvalue weighted by molar-refractivity contribution is -0.724. The standard InChI is InChI=1S/C32H60N/c1-3-5-7-9-11-13-14-15-16-18-20-22-25-29-32(33-30-26-23-27-31-33)28-24-21-19-17-12-10-8-6-4-2/h23,26-27,30-32H,3-22,24-25,28-29H2,1-2H3/q+1. The summed E-state index contributed by atoms with van der Waals surface area (Å²) in [6.45, 7) is 4.61. The number of nitrogens with zero attached hydrogens (tertiary/aromatic N) is 1. The highest BCUT2D eigenvalue weighted by atomic mass is 15.0. The van der Waals surface area contributed by atoms with Crippen LogP contribution in [0.25, 0.3) is 0 Å². The molecule has 0 aliphatic carbocycles. The highest BCUT2D eigenvalue weighted by Crippen LogP contribution is 2.20. The third-order valence-corrected chi connectivity index (χ3v) is 7.44. The molecule has 1 aromatic heterocycles. The summed E-state index contributed by atoms with van der Waals surface area (Å²) >= 11 is 0. The van der Waals surface area contributed by atoms with E-state index in [9.17, 15) is 0 Å². The maximum atomic E-state index is 2.49. The van der Waals surface area contributed by atoms with Crippen molar-refractivity contribution in [2.45, 2.75) is 174 Å². The molecule has 0 radical (unpaired) electrons. The van der Waals surface area contributed by atoms with Gasteiger partial charge < -0.3 is 0 Å². The molecule has 0 amide bonds. The Bertz CT molecular complexity index is 483. The first-order valence-electron chi connectivity index (χ1n) is 15.3. The molecule has 192 valence electrons. The van der Waals surface area contributed by atoms with Gasteiger partial charge in [0.15, 0.2) is 18.4 Å². The Labute approximate surface area is 209 Å². The van der Waals surface area contributed by atoms with Crippen LogP contribution in [0.5, 0.6) is 0 Å². The van der Waals surface area contributed by atoms with E-state index in [1.807, 2.05) is 0 Å². The first-order valence-corrected chi connectivity index (χ1v) is 15.3. The fraction of sp³-hybridized carbons (Fsp3) is 0.844. The highest BCUT2D eigenvalue weighted by Gasteiger charge is 2.16. The summed E-state index contributed by atoms with van der Waals surface area (Å²) in [6, 6.07) is 7.26. The topological polar surface area (TPSA) is 3.88 Å². The number of pyridine rings is 1. The Balaban J connectivity index is 2.05. The van der Waals surface area contributed by atoms with Crippen LogP contribution in [0.3, 0.4) is 0 Å². The summed E-state index contributed by atoms with van der Waals surface area (Å²) in [5.41, 5.74) is 0. The zero-order chi connectivity index (χ0) is 23.7. The molecule has 1 rings (SSSR count). The Morgan fingerprint density at radius 3 is 1.03 bits per heavy atom. The Hall–Kier alpha value is -0.850. The van der Waals surface area contributed by atoms with Gasteiger partial charge in [-0.25, -0.2) is 4.57 Å². The predicted molar refractivity (Wildman–Crippen MR) is 148 cm³/mol. The number of hydrogen-bond acceptors (Lipinski definition) is 0. The second-order valence-corrected chi connectivity index (χ2v) is 10.6. The molecule has 1 heterocycles. The molecule has 0 fully saturated rings.